The number of anilines is 1. The predicted molar refractivity (Wildman–Crippen MR) is 291 cm³/mol. The van der Waals surface area contributed by atoms with E-state index in [1.54, 1.807) is 106 Å². The average Bonchev–Trinajstić information content (AvgIpc) is 4.20. The average molecular weight is 1140 g/mol. The number of tetrazole rings is 1. The van der Waals surface area contributed by atoms with Crippen molar-refractivity contribution in [3.05, 3.63) is 42.3 Å². The number of nitrogens with one attached hydrogen (secondary N) is 1. The van der Waals surface area contributed by atoms with Crippen LogP contribution >= 0.6 is 0 Å². The number of nitrogens with zero attached hydrogens (tertiary/aromatic N) is 8. The standard InChI is InChI=1S/C56H86FN9O15/c1-15-42-56(10,74)47(69)33(6)63(11)26-29(2)22-54(8,73)49(31(4)46(32(5)51(71)79-42)80-44-23-55(9,75-14)48(70)34(7)77-44)81-52-45(68)41(20-30(3)76-52)64(12)28-43(67)59-25-37-27-66(53(72)78-37)36-17-18-38(39(57)21-36)35-16-19-40(58-24-35)50-60-62-65(13)61-50/h16-19,21,24,29-34,37,41-42,44-49,52,68-70,73-74H,15,20,22-23,25-28H2,1-14H3,(H,59,67)/t29-,30-,31+,32-,33-,34+,37+,41+,42-,44+,45-,46+,47-,48+,49-,52+,54-,55-,56-/m1/s1. The Bertz CT molecular complexity index is 2620. The van der Waals surface area contributed by atoms with Crippen LogP contribution in [0, 0.1) is 23.6 Å². The highest BCUT2D eigenvalue weighted by Gasteiger charge is 2.53. The van der Waals surface area contributed by atoms with Crippen LogP contribution < -0.4 is 10.2 Å². The summed E-state index contributed by atoms with van der Waals surface area (Å²) in [5.74, 6) is -3.79. The summed E-state index contributed by atoms with van der Waals surface area (Å²) in [7, 11) is 6.58. The summed E-state index contributed by atoms with van der Waals surface area (Å²) in [6.45, 7) is 17.2. The van der Waals surface area contributed by atoms with Crippen molar-refractivity contribution in [1.82, 2.24) is 40.3 Å². The van der Waals surface area contributed by atoms with Crippen molar-refractivity contribution in [3.8, 4) is 22.6 Å². The number of aliphatic hydroxyl groups excluding tert-OH is 3. The van der Waals surface area contributed by atoms with Gasteiger partial charge in [-0.25, -0.2) is 9.18 Å². The second-order valence-electron chi connectivity index (χ2n) is 23.7. The first-order valence-electron chi connectivity index (χ1n) is 28.0. The lowest BCUT2D eigenvalue weighted by molar-refractivity contribution is -0.318. The molecule has 7 rings (SSSR count). The Morgan fingerprint density at radius 1 is 0.951 bits per heavy atom. The Hall–Kier alpha value is -4.90. The number of aromatic nitrogens is 5. The fraction of sp³-hybridized carbons (Fsp3) is 0.732. The summed E-state index contributed by atoms with van der Waals surface area (Å²) in [5.41, 5.74) is -3.25. The molecule has 4 saturated heterocycles. The van der Waals surface area contributed by atoms with Gasteiger partial charge in [-0.3, -0.25) is 24.4 Å². The van der Waals surface area contributed by atoms with Gasteiger partial charge in [-0.05, 0) is 117 Å². The number of hydrogen-bond acceptors (Lipinski definition) is 21. The lowest BCUT2D eigenvalue weighted by atomic mass is 9.77. The SMILES string of the molecule is CC[C@H]1OC(=O)[C@H](C)[C@@H](O[C@H]2C[C@@](C)(OC)[C@@H](O)[C@H](C)O2)[C@H](C)[C@@H](O[C@@H]2O[C@H](C)C[C@H](N(C)CC(=O)NC[C@H]3CN(c4ccc(-c5ccc(-c6nnn(C)n6)nc5)c(F)c4)C(=O)O3)[C@H]2O)[C@](C)(O)C[C@@H](C)CN(C)[C@H](C)[C@@H](O)[C@]1(C)O. The molecule has 4 aliphatic heterocycles. The minimum Gasteiger partial charge on any atom is -0.459 e. The number of aryl methyl sites for hydroxylation is 1. The van der Waals surface area contributed by atoms with E-state index >= 15 is 4.39 Å². The Morgan fingerprint density at radius 3 is 2.30 bits per heavy atom. The number of amides is 2. The monoisotopic (exact) mass is 1140 g/mol. The van der Waals surface area contributed by atoms with E-state index in [0.29, 0.717) is 23.6 Å². The van der Waals surface area contributed by atoms with Crippen LogP contribution in [-0.2, 0) is 49.8 Å². The molecule has 452 valence electrons. The number of cyclic esters (lactones) is 2. The molecule has 81 heavy (non-hydrogen) atoms. The van der Waals surface area contributed by atoms with Crippen molar-refractivity contribution in [2.45, 2.75) is 191 Å². The van der Waals surface area contributed by atoms with E-state index in [2.05, 4.69) is 25.7 Å². The van der Waals surface area contributed by atoms with Crippen LogP contribution in [0.2, 0.25) is 0 Å². The number of rotatable bonds is 14. The first kappa shape index (κ1) is 63.7. The van der Waals surface area contributed by atoms with Crippen LogP contribution in [0.3, 0.4) is 0 Å². The molecular weight excluding hydrogens is 1060 g/mol. The largest absolute Gasteiger partial charge is 0.459 e. The molecule has 0 bridgehead atoms. The van der Waals surface area contributed by atoms with Crippen molar-refractivity contribution in [3.63, 3.8) is 0 Å². The molecule has 6 N–H and O–H groups in total. The molecule has 0 saturated carbocycles. The van der Waals surface area contributed by atoms with E-state index in [0.717, 1.165) is 0 Å². The van der Waals surface area contributed by atoms with Gasteiger partial charge in [0.25, 0.3) is 0 Å². The molecule has 2 aromatic heterocycles. The Balaban J connectivity index is 1.06. The molecule has 1 aromatic carbocycles. The normalized spacial score (nSPS) is 37.8. The summed E-state index contributed by atoms with van der Waals surface area (Å²) >= 11 is 0. The van der Waals surface area contributed by atoms with E-state index in [4.69, 9.17) is 33.2 Å². The molecule has 6 heterocycles. The second kappa shape index (κ2) is 25.9. The summed E-state index contributed by atoms with van der Waals surface area (Å²) in [5, 5.41) is 74.5. The van der Waals surface area contributed by atoms with Gasteiger partial charge in [0.15, 0.2) is 12.6 Å². The van der Waals surface area contributed by atoms with Crippen molar-refractivity contribution in [1.29, 1.82) is 0 Å². The zero-order valence-electron chi connectivity index (χ0n) is 49.1. The highest BCUT2D eigenvalue weighted by atomic mass is 19.1. The lowest BCUT2D eigenvalue weighted by Crippen LogP contribution is -2.61. The van der Waals surface area contributed by atoms with Gasteiger partial charge in [-0.1, -0.05) is 26.8 Å². The minimum atomic E-state index is -1.88. The number of hydrogen-bond donors (Lipinski definition) is 6. The molecular formula is C56H86FN9O15. The number of ether oxygens (including phenoxy) is 7. The Morgan fingerprint density at radius 2 is 1.67 bits per heavy atom. The number of aliphatic hydroxyl groups is 5. The van der Waals surface area contributed by atoms with Gasteiger partial charge in [-0.15, -0.1) is 10.2 Å². The van der Waals surface area contributed by atoms with Crippen molar-refractivity contribution >= 4 is 23.7 Å². The summed E-state index contributed by atoms with van der Waals surface area (Å²) < 4.78 is 59.2. The molecule has 24 nitrogen and oxygen atoms in total. The third kappa shape index (κ3) is 14.4. The fourth-order valence-electron chi connectivity index (χ4n) is 12.1. The number of methoxy groups -OCH3 is 1. The molecule has 3 aromatic rings. The molecule has 0 aliphatic carbocycles. The number of likely N-dealkylation sites (N-methyl/N-ethyl adjacent to an activating group) is 2. The number of carbonyl (C=O) groups excluding carboxylic acids is 3. The van der Waals surface area contributed by atoms with Crippen molar-refractivity contribution in [2.24, 2.45) is 24.8 Å². The summed E-state index contributed by atoms with van der Waals surface area (Å²) in [6.07, 6.45) is -10.4. The van der Waals surface area contributed by atoms with Crippen LogP contribution in [0.15, 0.2) is 36.5 Å². The van der Waals surface area contributed by atoms with Gasteiger partial charge in [0.2, 0.25) is 11.7 Å². The number of pyridine rings is 1. The van der Waals surface area contributed by atoms with Crippen LogP contribution in [0.5, 0.6) is 0 Å². The summed E-state index contributed by atoms with van der Waals surface area (Å²) in [4.78, 5) is 51.7. The lowest BCUT2D eigenvalue weighted by Gasteiger charge is -2.49. The number of carbonyl (C=O) groups is 3. The van der Waals surface area contributed by atoms with E-state index < -0.39 is 132 Å². The molecule has 25 heteroatoms. The first-order valence-corrected chi connectivity index (χ1v) is 28.0. The topological polar surface area (TPSA) is 295 Å². The third-order valence-electron chi connectivity index (χ3n) is 17.0. The molecule has 0 radical (unpaired) electrons. The maximum atomic E-state index is 15.6. The van der Waals surface area contributed by atoms with Gasteiger partial charge < -0.3 is 68.9 Å². The molecule has 4 fully saturated rings. The van der Waals surface area contributed by atoms with Crippen LogP contribution in [-0.4, -0.2) is 222 Å². The number of halogens is 1. The van der Waals surface area contributed by atoms with Crippen LogP contribution in [0.4, 0.5) is 14.9 Å². The maximum Gasteiger partial charge on any atom is 0.414 e. The zero-order chi connectivity index (χ0) is 59.6. The zero-order valence-corrected chi connectivity index (χ0v) is 49.1. The molecule has 19 atom stereocenters. The van der Waals surface area contributed by atoms with E-state index in [1.807, 2.05) is 11.8 Å². The smallest absolute Gasteiger partial charge is 0.414 e. The van der Waals surface area contributed by atoms with Gasteiger partial charge in [0, 0.05) is 55.4 Å². The Kier molecular flexibility index (Phi) is 20.4. The third-order valence-corrected chi connectivity index (χ3v) is 17.0. The van der Waals surface area contributed by atoms with E-state index in [1.165, 1.54) is 36.0 Å². The second-order valence-corrected chi connectivity index (χ2v) is 23.7. The van der Waals surface area contributed by atoms with Crippen LogP contribution in [0.1, 0.15) is 94.9 Å². The van der Waals surface area contributed by atoms with Gasteiger partial charge in [0.1, 0.15) is 47.6 Å². The molecule has 0 spiro atoms. The van der Waals surface area contributed by atoms with Gasteiger partial charge in [-0.2, -0.15) is 4.80 Å². The van der Waals surface area contributed by atoms with E-state index in [-0.39, 0.29) is 62.5 Å². The van der Waals surface area contributed by atoms with Gasteiger partial charge in [0.05, 0.1) is 73.9 Å². The van der Waals surface area contributed by atoms with Crippen LogP contribution in [0.25, 0.3) is 22.6 Å². The highest BCUT2D eigenvalue weighted by Crippen LogP contribution is 2.41. The molecule has 4 aliphatic rings. The highest BCUT2D eigenvalue weighted by molar-refractivity contribution is 5.90. The number of benzene rings is 1. The minimum absolute atomic E-state index is 0.0289. The molecule has 0 unspecified atom stereocenters. The quantitative estimate of drug-likeness (QED) is 0.127. The summed E-state index contributed by atoms with van der Waals surface area (Å²) in [6, 6.07) is 6.37. The van der Waals surface area contributed by atoms with E-state index in [9.17, 15) is 39.9 Å². The van der Waals surface area contributed by atoms with Crippen molar-refractivity contribution < 1.29 is 77.5 Å². The van der Waals surface area contributed by atoms with Gasteiger partial charge >= 0.3 is 12.1 Å². The number of esters is 1. The Labute approximate surface area is 473 Å². The first-order chi connectivity index (χ1) is 38.0. The predicted octanol–water partition coefficient (Wildman–Crippen LogP) is 2.80. The maximum absolute atomic E-state index is 15.6. The fourth-order valence-corrected chi connectivity index (χ4v) is 12.1. The molecule has 2 amide bonds. The van der Waals surface area contributed by atoms with Crippen molar-refractivity contribution in [2.75, 3.05) is 52.3 Å².